The Morgan fingerprint density at radius 1 is 1.36 bits per heavy atom. The summed E-state index contributed by atoms with van der Waals surface area (Å²) in [5.41, 5.74) is 2.73. The molecule has 0 amide bonds. The van der Waals surface area contributed by atoms with E-state index in [-0.39, 0.29) is 0 Å². The number of H-pyrrole nitrogens is 1. The molecule has 0 bridgehead atoms. The van der Waals surface area contributed by atoms with Crippen LogP contribution in [0.15, 0.2) is 30.9 Å². The molecule has 1 aliphatic heterocycles. The van der Waals surface area contributed by atoms with Crippen LogP contribution >= 0.6 is 11.3 Å². The topological polar surface area (TPSA) is 126 Å². The van der Waals surface area contributed by atoms with E-state index in [2.05, 4.69) is 37.0 Å². The number of aromatic amines is 1. The van der Waals surface area contributed by atoms with Gasteiger partial charge in [-0.15, -0.1) is 11.3 Å². The van der Waals surface area contributed by atoms with Crippen LogP contribution < -0.4 is 21.5 Å². The summed E-state index contributed by atoms with van der Waals surface area (Å²) in [5, 5.41) is 19.6. The zero-order valence-corrected chi connectivity index (χ0v) is 16.1. The van der Waals surface area contributed by atoms with Crippen LogP contribution in [0.25, 0.3) is 21.5 Å². The molecule has 28 heavy (non-hydrogen) atoms. The predicted molar refractivity (Wildman–Crippen MR) is 109 cm³/mol. The molecule has 1 fully saturated rings. The number of nitrogens with zero attached hydrogens (tertiary/aromatic N) is 6. The second kappa shape index (κ2) is 6.86. The van der Waals surface area contributed by atoms with Gasteiger partial charge in [0.2, 0.25) is 0 Å². The minimum absolute atomic E-state index is 0.409. The van der Waals surface area contributed by atoms with E-state index >= 15 is 0 Å². The molecule has 0 atom stereocenters. The summed E-state index contributed by atoms with van der Waals surface area (Å²) in [6, 6.07) is 2.49. The van der Waals surface area contributed by atoms with E-state index in [1.54, 1.807) is 24.6 Å². The molecule has 5 N–H and O–H groups in total. The van der Waals surface area contributed by atoms with Gasteiger partial charge in [0.05, 0.1) is 47.1 Å². The van der Waals surface area contributed by atoms with Crippen molar-refractivity contribution >= 4 is 33.2 Å². The summed E-state index contributed by atoms with van der Waals surface area (Å²) in [6.07, 6.45) is 7.40. The van der Waals surface area contributed by atoms with Gasteiger partial charge in [0.1, 0.15) is 0 Å². The van der Waals surface area contributed by atoms with E-state index in [1.807, 2.05) is 23.3 Å². The molecule has 10 nitrogen and oxygen atoms in total. The predicted octanol–water partition coefficient (Wildman–Crippen LogP) is 1.34. The first-order chi connectivity index (χ1) is 13.7. The van der Waals surface area contributed by atoms with Crippen LogP contribution in [0.4, 0.5) is 11.6 Å². The maximum absolute atomic E-state index is 5.94. The SMILES string of the molecule is CN(N)c1ncc(-c2cnn(C3CNC3)c2)nc1NCc1cc2[nH]ncc2s1. The largest absolute Gasteiger partial charge is 0.362 e. The number of thiophene rings is 1. The second-order valence-electron chi connectivity index (χ2n) is 6.77. The molecule has 144 valence electrons. The second-order valence-corrected chi connectivity index (χ2v) is 7.94. The number of hydrogen-bond donors (Lipinski definition) is 4. The summed E-state index contributed by atoms with van der Waals surface area (Å²) >= 11 is 1.68. The highest BCUT2D eigenvalue weighted by atomic mass is 32.1. The average molecular weight is 396 g/mol. The minimum atomic E-state index is 0.409. The molecule has 0 unspecified atom stereocenters. The Hall–Kier alpha value is -3.02. The molecular weight excluding hydrogens is 376 g/mol. The lowest BCUT2D eigenvalue weighted by atomic mass is 10.2. The van der Waals surface area contributed by atoms with Gasteiger partial charge in [0.15, 0.2) is 11.6 Å². The summed E-state index contributed by atoms with van der Waals surface area (Å²) < 4.78 is 3.11. The van der Waals surface area contributed by atoms with Crippen LogP contribution in [0.1, 0.15) is 10.9 Å². The third-order valence-electron chi connectivity index (χ3n) is 4.73. The quantitative estimate of drug-likeness (QED) is 0.284. The first-order valence-electron chi connectivity index (χ1n) is 8.94. The summed E-state index contributed by atoms with van der Waals surface area (Å²) in [5.74, 6) is 7.16. The molecular formula is C17H20N10S. The first kappa shape index (κ1) is 17.1. The lowest BCUT2D eigenvalue weighted by Crippen LogP contribution is -2.43. The van der Waals surface area contributed by atoms with Crippen LogP contribution in [-0.4, -0.2) is 50.1 Å². The highest BCUT2D eigenvalue weighted by molar-refractivity contribution is 7.19. The molecule has 4 aromatic heterocycles. The van der Waals surface area contributed by atoms with E-state index < -0.39 is 0 Å². The van der Waals surface area contributed by atoms with E-state index in [9.17, 15) is 0 Å². The van der Waals surface area contributed by atoms with Crippen molar-refractivity contribution in [2.24, 2.45) is 5.84 Å². The molecule has 0 spiro atoms. The summed E-state index contributed by atoms with van der Waals surface area (Å²) in [6.45, 7) is 2.51. The third-order valence-corrected chi connectivity index (χ3v) is 5.80. The fourth-order valence-corrected chi connectivity index (χ4v) is 4.01. The standard InChI is InChI=1S/C17H20N10S/c1-26(18)17-16(20-6-12-2-13-15(28-12)8-22-25-13)24-14(7-21-17)10-3-23-27(9-10)11-4-19-5-11/h2-3,7-9,11,19H,4-6,18H2,1H3,(H,20,24)(H,22,25). The minimum Gasteiger partial charge on any atom is -0.362 e. The van der Waals surface area contributed by atoms with Crippen LogP contribution in [0.3, 0.4) is 0 Å². The molecule has 4 aromatic rings. The highest BCUT2D eigenvalue weighted by Crippen LogP contribution is 2.27. The number of nitrogens with two attached hydrogens (primary N) is 1. The van der Waals surface area contributed by atoms with Gasteiger partial charge in [-0.05, 0) is 6.07 Å². The van der Waals surface area contributed by atoms with Crippen LogP contribution in [0.2, 0.25) is 0 Å². The zero-order chi connectivity index (χ0) is 19.1. The molecule has 11 heteroatoms. The van der Waals surface area contributed by atoms with Crippen molar-refractivity contribution in [1.82, 2.24) is 35.3 Å². The van der Waals surface area contributed by atoms with Gasteiger partial charge in [-0.25, -0.2) is 15.8 Å². The van der Waals surface area contributed by atoms with Gasteiger partial charge < -0.3 is 10.6 Å². The smallest absolute Gasteiger partial charge is 0.185 e. The summed E-state index contributed by atoms with van der Waals surface area (Å²) in [4.78, 5) is 10.4. The van der Waals surface area contributed by atoms with Crippen molar-refractivity contribution in [3.05, 3.63) is 35.7 Å². The van der Waals surface area contributed by atoms with Gasteiger partial charge in [-0.1, -0.05) is 0 Å². The van der Waals surface area contributed by atoms with E-state index in [0.29, 0.717) is 24.2 Å². The van der Waals surface area contributed by atoms with Crippen molar-refractivity contribution in [2.45, 2.75) is 12.6 Å². The molecule has 1 saturated heterocycles. The highest BCUT2D eigenvalue weighted by Gasteiger charge is 2.20. The molecule has 0 aliphatic carbocycles. The van der Waals surface area contributed by atoms with Crippen molar-refractivity contribution in [3.63, 3.8) is 0 Å². The average Bonchev–Trinajstić information content (AvgIpc) is 3.34. The molecule has 1 aliphatic rings. The first-order valence-corrected chi connectivity index (χ1v) is 9.75. The number of anilines is 2. The van der Waals surface area contributed by atoms with Crippen molar-refractivity contribution in [2.75, 3.05) is 30.5 Å². The number of hydrogen-bond acceptors (Lipinski definition) is 9. The Morgan fingerprint density at radius 3 is 3.00 bits per heavy atom. The van der Waals surface area contributed by atoms with Gasteiger partial charge in [0, 0.05) is 36.8 Å². The maximum Gasteiger partial charge on any atom is 0.185 e. The van der Waals surface area contributed by atoms with Gasteiger partial charge in [-0.3, -0.25) is 14.8 Å². The number of rotatable bonds is 6. The Bertz CT molecular complexity index is 1080. The van der Waals surface area contributed by atoms with Crippen LogP contribution in [-0.2, 0) is 6.54 Å². The lowest BCUT2D eigenvalue weighted by molar-refractivity contribution is 0.318. The normalized spacial score (nSPS) is 14.4. The lowest BCUT2D eigenvalue weighted by Gasteiger charge is -2.27. The fraction of sp³-hybridized carbons (Fsp3) is 0.294. The van der Waals surface area contributed by atoms with E-state index in [1.165, 1.54) is 9.89 Å². The van der Waals surface area contributed by atoms with Gasteiger partial charge in [-0.2, -0.15) is 10.2 Å². The Labute approximate surface area is 164 Å². The Morgan fingerprint density at radius 2 is 2.25 bits per heavy atom. The van der Waals surface area contributed by atoms with Gasteiger partial charge >= 0.3 is 0 Å². The number of nitrogens with one attached hydrogen (secondary N) is 3. The van der Waals surface area contributed by atoms with Crippen molar-refractivity contribution < 1.29 is 0 Å². The number of fused-ring (bicyclic) bond motifs is 1. The van der Waals surface area contributed by atoms with Crippen molar-refractivity contribution in [1.29, 1.82) is 0 Å². The fourth-order valence-electron chi connectivity index (χ4n) is 3.09. The number of hydrazine groups is 1. The van der Waals surface area contributed by atoms with Crippen LogP contribution in [0, 0.1) is 0 Å². The molecule has 0 radical (unpaired) electrons. The third kappa shape index (κ3) is 3.09. The molecule has 0 aromatic carbocycles. The van der Waals surface area contributed by atoms with E-state index in [4.69, 9.17) is 10.8 Å². The maximum atomic E-state index is 5.94. The molecule has 5 heterocycles. The molecule has 0 saturated carbocycles. The number of aromatic nitrogens is 6. The van der Waals surface area contributed by atoms with Crippen molar-refractivity contribution in [3.8, 4) is 11.3 Å². The summed E-state index contributed by atoms with van der Waals surface area (Å²) in [7, 11) is 1.75. The van der Waals surface area contributed by atoms with Gasteiger partial charge in [0.25, 0.3) is 0 Å². The zero-order valence-electron chi connectivity index (χ0n) is 15.3. The Kier molecular flexibility index (Phi) is 4.19. The Balaban J connectivity index is 1.40. The van der Waals surface area contributed by atoms with Crippen LogP contribution in [0.5, 0.6) is 0 Å². The monoisotopic (exact) mass is 396 g/mol. The van der Waals surface area contributed by atoms with E-state index in [0.717, 1.165) is 34.6 Å². The molecule has 5 rings (SSSR count).